The van der Waals surface area contributed by atoms with Crippen molar-refractivity contribution in [3.05, 3.63) is 35.9 Å². The molecule has 0 atom stereocenters. The maximum Gasteiger partial charge on any atom is 0.0564 e. The summed E-state index contributed by atoms with van der Waals surface area (Å²) in [5, 5.41) is 9.43. The summed E-state index contributed by atoms with van der Waals surface area (Å²) in [6.45, 7) is 3.34. The number of benzene rings is 1. The monoisotopic (exact) mass is 265 g/mol. The number of thioether (sulfide) groups is 1. The van der Waals surface area contributed by atoms with Gasteiger partial charge in [-0.15, -0.1) is 0 Å². The van der Waals surface area contributed by atoms with Crippen molar-refractivity contribution in [3.63, 3.8) is 0 Å². The molecule has 2 nitrogen and oxygen atoms in total. The van der Waals surface area contributed by atoms with E-state index in [1.54, 1.807) is 0 Å². The van der Waals surface area contributed by atoms with Crippen LogP contribution in [0.15, 0.2) is 30.3 Å². The summed E-state index contributed by atoms with van der Waals surface area (Å²) in [5.74, 6) is 2.35. The molecule has 0 spiro atoms. The molecule has 0 aliphatic carbocycles. The van der Waals surface area contributed by atoms with E-state index in [0.29, 0.717) is 0 Å². The Bertz CT molecular complexity index is 323. The normalized spacial score (nSPS) is 18.1. The Hall–Kier alpha value is -0.510. The third-order valence-corrected chi connectivity index (χ3v) is 4.55. The molecule has 18 heavy (non-hydrogen) atoms. The fraction of sp³-hybridized carbons (Fsp3) is 0.600. The van der Waals surface area contributed by atoms with Gasteiger partial charge in [-0.3, -0.25) is 0 Å². The Morgan fingerprint density at radius 3 is 2.61 bits per heavy atom. The first-order valence-corrected chi connectivity index (χ1v) is 8.02. The molecule has 1 saturated heterocycles. The molecule has 0 aromatic heterocycles. The molecule has 1 aromatic rings. The Morgan fingerprint density at radius 2 is 1.89 bits per heavy atom. The van der Waals surface area contributed by atoms with Gasteiger partial charge in [0.2, 0.25) is 0 Å². The van der Waals surface area contributed by atoms with Gasteiger partial charge in [0.25, 0.3) is 0 Å². The highest BCUT2D eigenvalue weighted by molar-refractivity contribution is 7.98. The van der Waals surface area contributed by atoms with Crippen LogP contribution >= 0.6 is 11.8 Å². The summed E-state index contributed by atoms with van der Waals surface area (Å²) in [4.78, 5) is 2.48. The molecule has 0 bridgehead atoms. The minimum atomic E-state index is -0.0475. The number of piperidine rings is 1. The average Bonchev–Trinajstić information content (AvgIpc) is 2.42. The largest absolute Gasteiger partial charge is 0.393 e. The number of nitrogens with zero attached hydrogens (tertiary/aromatic N) is 1. The lowest BCUT2D eigenvalue weighted by molar-refractivity contribution is 0.0828. The molecule has 1 aliphatic heterocycles. The molecule has 100 valence electrons. The van der Waals surface area contributed by atoms with Gasteiger partial charge in [-0.1, -0.05) is 30.3 Å². The first-order chi connectivity index (χ1) is 8.84. The van der Waals surface area contributed by atoms with Gasteiger partial charge < -0.3 is 10.0 Å². The standard InChI is InChI=1S/C15H23NOS/c17-15-7-10-16(11-8-15)9-4-12-18-13-14-5-2-1-3-6-14/h1-3,5-6,15,17H,4,7-13H2. The molecule has 0 saturated carbocycles. The lowest BCUT2D eigenvalue weighted by atomic mass is 10.1. The average molecular weight is 265 g/mol. The van der Waals surface area contributed by atoms with Gasteiger partial charge in [0.05, 0.1) is 6.10 Å². The van der Waals surface area contributed by atoms with Gasteiger partial charge in [0, 0.05) is 18.8 Å². The van der Waals surface area contributed by atoms with E-state index in [1.807, 2.05) is 11.8 Å². The highest BCUT2D eigenvalue weighted by Gasteiger charge is 2.15. The predicted molar refractivity (Wildman–Crippen MR) is 78.9 cm³/mol. The second kappa shape index (κ2) is 7.82. The van der Waals surface area contributed by atoms with Crippen LogP contribution in [-0.2, 0) is 5.75 Å². The number of aliphatic hydroxyl groups excluding tert-OH is 1. The van der Waals surface area contributed by atoms with Crippen molar-refractivity contribution in [2.24, 2.45) is 0 Å². The topological polar surface area (TPSA) is 23.5 Å². The van der Waals surface area contributed by atoms with Gasteiger partial charge in [-0.05, 0) is 37.1 Å². The van der Waals surface area contributed by atoms with E-state index in [2.05, 4.69) is 35.2 Å². The van der Waals surface area contributed by atoms with Crippen LogP contribution in [0.2, 0.25) is 0 Å². The zero-order valence-corrected chi connectivity index (χ0v) is 11.7. The smallest absolute Gasteiger partial charge is 0.0564 e. The van der Waals surface area contributed by atoms with Crippen molar-refractivity contribution in [1.29, 1.82) is 0 Å². The Morgan fingerprint density at radius 1 is 1.17 bits per heavy atom. The molecule has 2 rings (SSSR count). The summed E-state index contributed by atoms with van der Waals surface area (Å²) in [5.41, 5.74) is 1.42. The van der Waals surface area contributed by atoms with Gasteiger partial charge >= 0.3 is 0 Å². The fourth-order valence-corrected chi connectivity index (χ4v) is 3.20. The maximum absolute atomic E-state index is 9.43. The van der Waals surface area contributed by atoms with Crippen molar-refractivity contribution in [3.8, 4) is 0 Å². The van der Waals surface area contributed by atoms with Crippen LogP contribution in [0, 0.1) is 0 Å². The van der Waals surface area contributed by atoms with Crippen molar-refractivity contribution in [1.82, 2.24) is 4.90 Å². The summed E-state index contributed by atoms with van der Waals surface area (Å²) in [6.07, 6.45) is 3.12. The van der Waals surface area contributed by atoms with Crippen LogP contribution < -0.4 is 0 Å². The second-order valence-electron chi connectivity index (χ2n) is 4.96. The highest BCUT2D eigenvalue weighted by atomic mass is 32.2. The third kappa shape index (κ3) is 5.01. The summed E-state index contributed by atoms with van der Waals surface area (Å²) in [7, 11) is 0. The molecule has 0 amide bonds. The first kappa shape index (κ1) is 13.9. The highest BCUT2D eigenvalue weighted by Crippen LogP contribution is 2.14. The van der Waals surface area contributed by atoms with Crippen LogP contribution in [0.25, 0.3) is 0 Å². The predicted octanol–water partition coefficient (Wildman–Crippen LogP) is 2.77. The molecule has 3 heteroatoms. The number of rotatable bonds is 6. The number of hydrogen-bond acceptors (Lipinski definition) is 3. The third-order valence-electron chi connectivity index (χ3n) is 3.43. The van der Waals surface area contributed by atoms with Crippen LogP contribution in [-0.4, -0.2) is 41.5 Å². The van der Waals surface area contributed by atoms with E-state index in [9.17, 15) is 5.11 Å². The second-order valence-corrected chi connectivity index (χ2v) is 6.07. The summed E-state index contributed by atoms with van der Waals surface area (Å²) < 4.78 is 0. The minimum Gasteiger partial charge on any atom is -0.393 e. The fourth-order valence-electron chi connectivity index (χ4n) is 2.30. The van der Waals surface area contributed by atoms with Gasteiger partial charge in [0.15, 0.2) is 0 Å². The Balaban J connectivity index is 1.51. The van der Waals surface area contributed by atoms with E-state index < -0.39 is 0 Å². The van der Waals surface area contributed by atoms with Crippen LogP contribution in [0.5, 0.6) is 0 Å². The van der Waals surface area contributed by atoms with E-state index in [1.165, 1.54) is 24.3 Å². The van der Waals surface area contributed by atoms with E-state index in [-0.39, 0.29) is 6.10 Å². The Labute approximate surface area is 114 Å². The van der Waals surface area contributed by atoms with Gasteiger partial charge in [0.1, 0.15) is 0 Å². The van der Waals surface area contributed by atoms with Crippen molar-refractivity contribution >= 4 is 11.8 Å². The molecule has 1 aliphatic rings. The van der Waals surface area contributed by atoms with E-state index in [0.717, 1.165) is 31.7 Å². The molecule has 1 aromatic carbocycles. The molecule has 0 unspecified atom stereocenters. The molecule has 1 N–H and O–H groups in total. The Kier molecular flexibility index (Phi) is 6.05. The van der Waals surface area contributed by atoms with Crippen molar-refractivity contribution in [2.45, 2.75) is 31.1 Å². The lowest BCUT2D eigenvalue weighted by Crippen LogP contribution is -2.36. The number of aliphatic hydroxyl groups is 1. The SMILES string of the molecule is OC1CCN(CCCSCc2ccccc2)CC1. The first-order valence-electron chi connectivity index (χ1n) is 6.86. The minimum absolute atomic E-state index is 0.0475. The van der Waals surface area contributed by atoms with Gasteiger partial charge in [-0.25, -0.2) is 0 Å². The lowest BCUT2D eigenvalue weighted by Gasteiger charge is -2.29. The van der Waals surface area contributed by atoms with E-state index >= 15 is 0 Å². The molecular formula is C15H23NOS. The number of likely N-dealkylation sites (tertiary alicyclic amines) is 1. The molecule has 1 heterocycles. The van der Waals surface area contributed by atoms with Crippen molar-refractivity contribution in [2.75, 3.05) is 25.4 Å². The van der Waals surface area contributed by atoms with E-state index in [4.69, 9.17) is 0 Å². The number of hydrogen-bond donors (Lipinski definition) is 1. The molecule has 0 radical (unpaired) electrons. The van der Waals surface area contributed by atoms with Crippen LogP contribution in [0.3, 0.4) is 0 Å². The summed E-state index contributed by atoms with van der Waals surface area (Å²) >= 11 is 2.02. The maximum atomic E-state index is 9.43. The zero-order chi connectivity index (χ0) is 12.6. The molecular weight excluding hydrogens is 242 g/mol. The quantitative estimate of drug-likeness (QED) is 0.800. The zero-order valence-electron chi connectivity index (χ0n) is 10.9. The van der Waals surface area contributed by atoms with Crippen LogP contribution in [0.4, 0.5) is 0 Å². The molecule has 1 fully saturated rings. The van der Waals surface area contributed by atoms with Crippen LogP contribution in [0.1, 0.15) is 24.8 Å². The van der Waals surface area contributed by atoms with Gasteiger partial charge in [-0.2, -0.15) is 11.8 Å². The van der Waals surface area contributed by atoms with Crippen molar-refractivity contribution < 1.29 is 5.11 Å². The summed E-state index contributed by atoms with van der Waals surface area (Å²) in [6, 6.07) is 10.7.